The maximum atomic E-state index is 13.1. The lowest BCUT2D eigenvalue weighted by Gasteiger charge is -2.26. The molecule has 4 rings (SSSR count). The number of hydrogen-bond acceptors (Lipinski definition) is 4. The Kier molecular flexibility index (Phi) is 5.81. The molecule has 1 atom stereocenters. The molecule has 31 heavy (non-hydrogen) atoms. The molecule has 3 aromatic rings. The Morgan fingerprint density at radius 2 is 1.68 bits per heavy atom. The molecule has 1 fully saturated rings. The standard InChI is InChI=1S/C25H23ClN2O3/c1-27(2)14-15-28-22(17-10-12-18(26)13-11-17)21(24(30)25(28)31)23(29)20-9-5-7-16-6-3-4-8-19(16)20/h3-13,22,29H,14-15H2,1-2H3/b23-21-. The minimum atomic E-state index is -0.684. The second kappa shape index (κ2) is 8.53. The van der Waals surface area contributed by atoms with E-state index in [2.05, 4.69) is 0 Å². The highest BCUT2D eigenvalue weighted by atomic mass is 35.5. The highest BCUT2D eigenvalue weighted by Gasteiger charge is 2.46. The zero-order valence-corrected chi connectivity index (χ0v) is 18.1. The van der Waals surface area contributed by atoms with E-state index in [1.807, 2.05) is 55.4 Å². The quantitative estimate of drug-likeness (QED) is 0.365. The van der Waals surface area contributed by atoms with E-state index in [9.17, 15) is 14.7 Å². The van der Waals surface area contributed by atoms with Crippen LogP contribution in [-0.4, -0.2) is 53.8 Å². The highest BCUT2D eigenvalue weighted by Crippen LogP contribution is 2.40. The Balaban J connectivity index is 1.91. The number of aliphatic hydroxyl groups is 1. The number of nitrogens with zero attached hydrogens (tertiary/aromatic N) is 2. The summed E-state index contributed by atoms with van der Waals surface area (Å²) in [7, 11) is 3.81. The van der Waals surface area contributed by atoms with Crippen LogP contribution in [0.5, 0.6) is 0 Å². The van der Waals surface area contributed by atoms with Crippen molar-refractivity contribution in [3.63, 3.8) is 0 Å². The molecule has 0 saturated carbocycles. The fraction of sp³-hybridized carbons (Fsp3) is 0.200. The van der Waals surface area contributed by atoms with E-state index in [4.69, 9.17) is 11.6 Å². The molecule has 1 saturated heterocycles. The van der Waals surface area contributed by atoms with Gasteiger partial charge >= 0.3 is 0 Å². The number of likely N-dealkylation sites (tertiary alicyclic amines) is 1. The molecule has 0 spiro atoms. The Labute approximate surface area is 186 Å². The summed E-state index contributed by atoms with van der Waals surface area (Å²) in [6, 6.07) is 19.5. The number of likely N-dealkylation sites (N-methyl/N-ethyl adjacent to an activating group) is 1. The average Bonchev–Trinajstić information content (AvgIpc) is 3.02. The molecule has 6 heteroatoms. The fourth-order valence-corrected chi connectivity index (χ4v) is 4.11. The molecule has 0 radical (unpaired) electrons. The third kappa shape index (κ3) is 3.94. The first-order chi connectivity index (χ1) is 14.9. The van der Waals surface area contributed by atoms with Crippen LogP contribution < -0.4 is 0 Å². The van der Waals surface area contributed by atoms with Gasteiger partial charge in [0.25, 0.3) is 11.7 Å². The SMILES string of the molecule is CN(C)CCN1C(=O)C(=O)/C(=C(\O)c2cccc3ccccc23)C1c1ccc(Cl)cc1. The van der Waals surface area contributed by atoms with Crippen molar-refractivity contribution in [2.75, 3.05) is 27.2 Å². The third-order valence-electron chi connectivity index (χ3n) is 5.56. The summed E-state index contributed by atoms with van der Waals surface area (Å²) >= 11 is 6.06. The zero-order valence-electron chi connectivity index (χ0n) is 17.4. The number of carbonyl (C=O) groups is 2. The van der Waals surface area contributed by atoms with Crippen molar-refractivity contribution in [1.82, 2.24) is 9.80 Å². The lowest BCUT2D eigenvalue weighted by atomic mass is 9.93. The van der Waals surface area contributed by atoms with E-state index in [-0.39, 0.29) is 11.3 Å². The molecule has 158 valence electrons. The first-order valence-electron chi connectivity index (χ1n) is 10.0. The molecule has 1 unspecified atom stereocenters. The summed E-state index contributed by atoms with van der Waals surface area (Å²) in [6.07, 6.45) is 0. The second-order valence-electron chi connectivity index (χ2n) is 7.87. The van der Waals surface area contributed by atoms with Gasteiger partial charge < -0.3 is 14.9 Å². The molecule has 1 N–H and O–H groups in total. The van der Waals surface area contributed by atoms with Gasteiger partial charge in [0.1, 0.15) is 5.76 Å². The summed E-state index contributed by atoms with van der Waals surface area (Å²) in [6.45, 7) is 0.947. The number of ketones is 1. The summed E-state index contributed by atoms with van der Waals surface area (Å²) in [5, 5.41) is 13.6. The van der Waals surface area contributed by atoms with Crippen molar-refractivity contribution in [1.29, 1.82) is 0 Å². The first kappa shape index (κ1) is 21.1. The van der Waals surface area contributed by atoms with E-state index >= 15 is 0 Å². The Hall–Kier alpha value is -3.15. The number of Topliss-reactive ketones (excluding diaryl/α,β-unsaturated/α-hetero) is 1. The van der Waals surface area contributed by atoms with Crippen LogP contribution >= 0.6 is 11.6 Å². The molecule has 0 aromatic heterocycles. The van der Waals surface area contributed by atoms with Gasteiger partial charge in [-0.25, -0.2) is 0 Å². The largest absolute Gasteiger partial charge is 0.507 e. The summed E-state index contributed by atoms with van der Waals surface area (Å²) < 4.78 is 0. The third-order valence-corrected chi connectivity index (χ3v) is 5.81. The highest BCUT2D eigenvalue weighted by molar-refractivity contribution is 6.46. The van der Waals surface area contributed by atoms with E-state index < -0.39 is 17.7 Å². The lowest BCUT2D eigenvalue weighted by Crippen LogP contribution is -2.35. The fourth-order valence-electron chi connectivity index (χ4n) is 3.99. The van der Waals surface area contributed by atoms with E-state index in [1.165, 1.54) is 4.90 Å². The molecule has 1 aliphatic heterocycles. The van der Waals surface area contributed by atoms with Gasteiger partial charge in [0, 0.05) is 23.7 Å². The Bertz CT molecular complexity index is 1180. The molecular weight excluding hydrogens is 412 g/mol. The molecule has 1 heterocycles. The minimum absolute atomic E-state index is 0.0995. The molecule has 5 nitrogen and oxygen atoms in total. The topological polar surface area (TPSA) is 60.9 Å². The summed E-state index contributed by atoms with van der Waals surface area (Å²) in [5.41, 5.74) is 1.36. The molecule has 1 aliphatic rings. The van der Waals surface area contributed by atoms with Gasteiger partial charge in [0.15, 0.2) is 0 Å². The van der Waals surface area contributed by atoms with Crippen LogP contribution in [0.15, 0.2) is 72.3 Å². The van der Waals surface area contributed by atoms with Gasteiger partial charge in [-0.05, 0) is 42.6 Å². The number of halogens is 1. The van der Waals surface area contributed by atoms with E-state index in [0.717, 1.165) is 16.3 Å². The zero-order chi connectivity index (χ0) is 22.1. The van der Waals surface area contributed by atoms with Crippen LogP contribution in [0.25, 0.3) is 16.5 Å². The number of benzene rings is 3. The summed E-state index contributed by atoms with van der Waals surface area (Å²) in [4.78, 5) is 29.6. The van der Waals surface area contributed by atoms with Crippen LogP contribution in [0.4, 0.5) is 0 Å². The maximum absolute atomic E-state index is 13.1. The van der Waals surface area contributed by atoms with Crippen molar-refractivity contribution >= 4 is 39.8 Å². The van der Waals surface area contributed by atoms with E-state index in [1.54, 1.807) is 30.3 Å². The predicted octanol–water partition coefficient (Wildman–Crippen LogP) is 4.48. The van der Waals surface area contributed by atoms with Crippen molar-refractivity contribution in [3.8, 4) is 0 Å². The van der Waals surface area contributed by atoms with Gasteiger partial charge in [-0.15, -0.1) is 0 Å². The smallest absolute Gasteiger partial charge is 0.295 e. The lowest BCUT2D eigenvalue weighted by molar-refractivity contribution is -0.140. The van der Waals surface area contributed by atoms with Crippen LogP contribution in [0.2, 0.25) is 5.02 Å². The molecule has 1 amide bonds. The number of fused-ring (bicyclic) bond motifs is 1. The van der Waals surface area contributed by atoms with Crippen LogP contribution in [-0.2, 0) is 9.59 Å². The average molecular weight is 435 g/mol. The molecule has 0 aliphatic carbocycles. The Morgan fingerprint density at radius 3 is 2.39 bits per heavy atom. The normalized spacial score (nSPS) is 18.3. The van der Waals surface area contributed by atoms with Gasteiger partial charge in [0.05, 0.1) is 11.6 Å². The van der Waals surface area contributed by atoms with Crippen molar-refractivity contribution in [2.45, 2.75) is 6.04 Å². The minimum Gasteiger partial charge on any atom is -0.507 e. The second-order valence-corrected chi connectivity index (χ2v) is 8.31. The van der Waals surface area contributed by atoms with Crippen LogP contribution in [0.1, 0.15) is 17.2 Å². The number of hydrogen-bond donors (Lipinski definition) is 1. The van der Waals surface area contributed by atoms with Crippen molar-refractivity contribution in [2.24, 2.45) is 0 Å². The predicted molar refractivity (Wildman–Crippen MR) is 123 cm³/mol. The van der Waals surface area contributed by atoms with Gasteiger partial charge in [-0.2, -0.15) is 0 Å². The number of amides is 1. The van der Waals surface area contributed by atoms with Crippen molar-refractivity contribution in [3.05, 3.63) is 88.5 Å². The van der Waals surface area contributed by atoms with Gasteiger partial charge in [-0.3, -0.25) is 9.59 Å². The molecule has 3 aromatic carbocycles. The van der Waals surface area contributed by atoms with Gasteiger partial charge in [-0.1, -0.05) is 66.2 Å². The molecular formula is C25H23ClN2O3. The number of carbonyl (C=O) groups excluding carboxylic acids is 2. The first-order valence-corrected chi connectivity index (χ1v) is 10.4. The van der Waals surface area contributed by atoms with Crippen LogP contribution in [0, 0.1) is 0 Å². The van der Waals surface area contributed by atoms with Crippen LogP contribution in [0.3, 0.4) is 0 Å². The van der Waals surface area contributed by atoms with E-state index in [0.29, 0.717) is 23.7 Å². The summed E-state index contributed by atoms with van der Waals surface area (Å²) in [5.74, 6) is -1.45. The molecule has 0 bridgehead atoms. The van der Waals surface area contributed by atoms with Crippen molar-refractivity contribution < 1.29 is 14.7 Å². The maximum Gasteiger partial charge on any atom is 0.295 e. The number of rotatable bonds is 5. The Morgan fingerprint density at radius 1 is 1.00 bits per heavy atom. The monoisotopic (exact) mass is 434 g/mol. The van der Waals surface area contributed by atoms with Gasteiger partial charge in [0.2, 0.25) is 0 Å². The number of aliphatic hydroxyl groups excluding tert-OH is 1.